The van der Waals surface area contributed by atoms with E-state index in [1.165, 1.54) is 17.7 Å². The highest BCUT2D eigenvalue weighted by Crippen LogP contribution is 2.30. The molecule has 0 fully saturated rings. The molecule has 0 aliphatic heterocycles. The standard InChI is InChI=1S/C25H20F3N3O3S/c1-14-2-11-19-21(12-14)35-24(31-19)29-18-9-7-16(8-10-18)15-3-5-17(6-4-15)22(32)30-20(23(33)34)13-25(26,27)28/h2-12,20H,13H2,1H3,(H,29,31)(H,30,32)(H,33,34). The van der Waals surface area contributed by atoms with Crippen molar-refractivity contribution in [3.63, 3.8) is 0 Å². The zero-order valence-corrected chi connectivity index (χ0v) is 19.2. The fraction of sp³-hybridized carbons (Fsp3) is 0.160. The average Bonchev–Trinajstić information content (AvgIpc) is 3.19. The van der Waals surface area contributed by atoms with Gasteiger partial charge in [-0.25, -0.2) is 9.78 Å². The molecule has 0 aliphatic carbocycles. The maximum atomic E-state index is 12.6. The summed E-state index contributed by atoms with van der Waals surface area (Å²) in [5.74, 6) is -2.64. The van der Waals surface area contributed by atoms with Gasteiger partial charge in [-0.15, -0.1) is 0 Å². The number of alkyl halides is 3. The van der Waals surface area contributed by atoms with Crippen LogP contribution >= 0.6 is 11.3 Å². The van der Waals surface area contributed by atoms with Gasteiger partial charge in [0.15, 0.2) is 5.13 Å². The number of aryl methyl sites for hydroxylation is 1. The van der Waals surface area contributed by atoms with Gasteiger partial charge in [0, 0.05) is 11.3 Å². The number of carboxylic acids is 1. The van der Waals surface area contributed by atoms with E-state index < -0.39 is 30.5 Å². The highest BCUT2D eigenvalue weighted by atomic mass is 32.1. The van der Waals surface area contributed by atoms with Gasteiger partial charge < -0.3 is 15.7 Å². The predicted molar refractivity (Wildman–Crippen MR) is 129 cm³/mol. The van der Waals surface area contributed by atoms with Crippen LogP contribution in [0.5, 0.6) is 0 Å². The summed E-state index contributed by atoms with van der Waals surface area (Å²) in [4.78, 5) is 27.9. The highest BCUT2D eigenvalue weighted by Gasteiger charge is 2.36. The molecular formula is C25H20F3N3O3S. The molecule has 0 saturated carbocycles. The molecule has 0 bridgehead atoms. The van der Waals surface area contributed by atoms with Crippen molar-refractivity contribution in [3.05, 3.63) is 77.9 Å². The van der Waals surface area contributed by atoms with Gasteiger partial charge in [-0.05, 0) is 60.0 Å². The highest BCUT2D eigenvalue weighted by molar-refractivity contribution is 7.22. The number of benzene rings is 3. The minimum absolute atomic E-state index is 0.0616. The largest absolute Gasteiger partial charge is 0.480 e. The summed E-state index contributed by atoms with van der Waals surface area (Å²) in [5.41, 5.74) is 4.66. The number of fused-ring (bicyclic) bond motifs is 1. The van der Waals surface area contributed by atoms with Gasteiger partial charge in [-0.2, -0.15) is 13.2 Å². The summed E-state index contributed by atoms with van der Waals surface area (Å²) in [7, 11) is 0. The number of aromatic nitrogens is 1. The summed E-state index contributed by atoms with van der Waals surface area (Å²) < 4.78 is 38.8. The number of carbonyl (C=O) groups is 2. The van der Waals surface area contributed by atoms with Gasteiger partial charge in [0.2, 0.25) is 0 Å². The van der Waals surface area contributed by atoms with Gasteiger partial charge in [-0.3, -0.25) is 4.79 Å². The van der Waals surface area contributed by atoms with Crippen molar-refractivity contribution >= 4 is 44.2 Å². The molecule has 1 atom stereocenters. The smallest absolute Gasteiger partial charge is 0.391 e. The summed E-state index contributed by atoms with van der Waals surface area (Å²) in [6.07, 6.45) is -6.36. The fourth-order valence-electron chi connectivity index (χ4n) is 3.44. The molecule has 180 valence electrons. The molecule has 6 nitrogen and oxygen atoms in total. The lowest BCUT2D eigenvalue weighted by Crippen LogP contribution is -2.43. The van der Waals surface area contributed by atoms with Crippen LogP contribution in [0.25, 0.3) is 21.3 Å². The maximum Gasteiger partial charge on any atom is 0.391 e. The number of thiazole rings is 1. The first kappa shape index (κ1) is 24.2. The molecule has 3 aromatic carbocycles. The first-order chi connectivity index (χ1) is 16.6. The van der Waals surface area contributed by atoms with Crippen molar-refractivity contribution in [2.75, 3.05) is 5.32 Å². The van der Waals surface area contributed by atoms with Crippen LogP contribution in [0.1, 0.15) is 22.3 Å². The molecule has 4 aromatic rings. The summed E-state index contributed by atoms with van der Waals surface area (Å²) in [6.45, 7) is 2.03. The van der Waals surface area contributed by atoms with E-state index in [2.05, 4.69) is 16.4 Å². The number of nitrogens with one attached hydrogen (secondary N) is 2. The fourth-order valence-corrected chi connectivity index (χ4v) is 4.43. The van der Waals surface area contributed by atoms with E-state index in [0.717, 1.165) is 32.2 Å². The summed E-state index contributed by atoms with van der Waals surface area (Å²) in [5, 5.41) is 14.9. The lowest BCUT2D eigenvalue weighted by molar-refractivity contribution is -0.157. The molecule has 1 heterocycles. The van der Waals surface area contributed by atoms with Crippen LogP contribution < -0.4 is 10.6 Å². The second-order valence-corrected chi connectivity index (χ2v) is 8.98. The van der Waals surface area contributed by atoms with Crippen LogP contribution in [-0.4, -0.2) is 34.2 Å². The van der Waals surface area contributed by atoms with Crippen molar-refractivity contribution in [1.82, 2.24) is 10.3 Å². The Kier molecular flexibility index (Phi) is 6.74. The van der Waals surface area contributed by atoms with Gasteiger partial charge >= 0.3 is 12.1 Å². The number of hydrogen-bond acceptors (Lipinski definition) is 5. The molecule has 0 aliphatic rings. The van der Waals surface area contributed by atoms with Crippen molar-refractivity contribution in [1.29, 1.82) is 0 Å². The van der Waals surface area contributed by atoms with Crippen LogP contribution in [-0.2, 0) is 4.79 Å². The van der Waals surface area contributed by atoms with Crippen LogP contribution in [0.2, 0.25) is 0 Å². The van der Waals surface area contributed by atoms with Crippen LogP contribution in [0.4, 0.5) is 24.0 Å². The van der Waals surface area contributed by atoms with E-state index in [1.807, 2.05) is 48.6 Å². The number of amides is 1. The second kappa shape index (κ2) is 9.75. The minimum Gasteiger partial charge on any atom is -0.480 e. The Hall–Kier alpha value is -3.92. The van der Waals surface area contributed by atoms with Gasteiger partial charge in [0.1, 0.15) is 6.04 Å². The van der Waals surface area contributed by atoms with Crippen LogP contribution in [0.3, 0.4) is 0 Å². The summed E-state index contributed by atoms with van der Waals surface area (Å²) >= 11 is 1.56. The molecule has 1 amide bonds. The topological polar surface area (TPSA) is 91.3 Å². The Morgan fingerprint density at radius 3 is 2.23 bits per heavy atom. The quantitative estimate of drug-likeness (QED) is 0.284. The minimum atomic E-state index is -4.71. The Labute approximate surface area is 202 Å². The van der Waals surface area contributed by atoms with E-state index in [-0.39, 0.29) is 5.56 Å². The van der Waals surface area contributed by atoms with Crippen molar-refractivity contribution in [2.24, 2.45) is 0 Å². The molecule has 0 saturated heterocycles. The zero-order valence-electron chi connectivity index (χ0n) is 18.4. The molecule has 0 radical (unpaired) electrons. The molecule has 3 N–H and O–H groups in total. The third-order valence-electron chi connectivity index (χ3n) is 5.20. The molecule has 35 heavy (non-hydrogen) atoms. The number of anilines is 2. The van der Waals surface area contributed by atoms with Crippen LogP contribution in [0.15, 0.2) is 66.7 Å². The number of rotatable bonds is 7. The Bertz CT molecular complexity index is 1370. The van der Waals surface area contributed by atoms with E-state index in [9.17, 15) is 22.8 Å². The summed E-state index contributed by atoms with van der Waals surface area (Å²) in [6, 6.07) is 17.8. The average molecular weight is 500 g/mol. The second-order valence-electron chi connectivity index (χ2n) is 7.95. The third kappa shape index (κ3) is 6.15. The molecule has 4 rings (SSSR count). The van der Waals surface area contributed by atoms with Crippen LogP contribution in [0, 0.1) is 6.92 Å². The predicted octanol–water partition coefficient (Wildman–Crippen LogP) is 6.15. The molecule has 1 aromatic heterocycles. The van der Waals surface area contributed by atoms with E-state index >= 15 is 0 Å². The number of aliphatic carboxylic acids is 1. The van der Waals surface area contributed by atoms with Crippen molar-refractivity contribution in [2.45, 2.75) is 25.6 Å². The molecular weight excluding hydrogens is 479 g/mol. The lowest BCUT2D eigenvalue weighted by atomic mass is 10.0. The maximum absolute atomic E-state index is 12.6. The van der Waals surface area contributed by atoms with Crippen molar-refractivity contribution < 1.29 is 27.9 Å². The van der Waals surface area contributed by atoms with Crippen molar-refractivity contribution in [3.8, 4) is 11.1 Å². The number of carboxylic acid groups (broad SMARTS) is 1. The van der Waals surface area contributed by atoms with E-state index in [4.69, 9.17) is 5.11 Å². The Balaban J connectivity index is 1.42. The lowest BCUT2D eigenvalue weighted by Gasteiger charge is -2.16. The number of hydrogen-bond donors (Lipinski definition) is 3. The van der Waals surface area contributed by atoms with E-state index in [1.54, 1.807) is 23.5 Å². The first-order valence-corrected chi connectivity index (χ1v) is 11.3. The molecule has 0 spiro atoms. The zero-order chi connectivity index (χ0) is 25.2. The monoisotopic (exact) mass is 499 g/mol. The Morgan fingerprint density at radius 1 is 1.00 bits per heavy atom. The first-order valence-electron chi connectivity index (χ1n) is 10.5. The van der Waals surface area contributed by atoms with E-state index in [0.29, 0.717) is 0 Å². The number of halogens is 3. The SMILES string of the molecule is Cc1ccc2nc(Nc3ccc(-c4ccc(C(=O)NC(CC(F)(F)F)C(=O)O)cc4)cc3)sc2c1. The van der Waals surface area contributed by atoms with Gasteiger partial charge in [0.05, 0.1) is 16.6 Å². The Morgan fingerprint density at radius 2 is 1.63 bits per heavy atom. The number of carbonyl (C=O) groups excluding carboxylic acids is 1. The molecule has 1 unspecified atom stereocenters. The van der Waals surface area contributed by atoms with Gasteiger partial charge in [0.25, 0.3) is 5.91 Å². The molecule has 10 heteroatoms. The third-order valence-corrected chi connectivity index (χ3v) is 6.13. The normalized spacial score (nSPS) is 12.3. The van der Waals surface area contributed by atoms with Gasteiger partial charge in [-0.1, -0.05) is 41.7 Å². The number of nitrogens with zero attached hydrogens (tertiary/aromatic N) is 1.